The van der Waals surface area contributed by atoms with Gasteiger partial charge in [-0.15, -0.1) is 0 Å². The zero-order chi connectivity index (χ0) is 14.2. The smallest absolute Gasteiger partial charge is 0.151 e. The largest absolute Gasteiger partial charge is 0.382 e. The Labute approximate surface area is 122 Å². The summed E-state index contributed by atoms with van der Waals surface area (Å²) in [5.41, 5.74) is 11.6. The van der Waals surface area contributed by atoms with E-state index < -0.39 is 0 Å². The molecule has 0 saturated heterocycles. The summed E-state index contributed by atoms with van der Waals surface area (Å²) < 4.78 is 2.10. The molecule has 2 N–H and O–H groups in total. The first-order valence-electron chi connectivity index (χ1n) is 7.21. The van der Waals surface area contributed by atoms with Gasteiger partial charge in [-0.3, -0.25) is 0 Å². The minimum Gasteiger partial charge on any atom is -0.382 e. The number of nitrogens with two attached hydrogens (primary N) is 1. The lowest BCUT2D eigenvalue weighted by Crippen LogP contribution is -1.98. The molecule has 0 unspecified atom stereocenters. The van der Waals surface area contributed by atoms with Gasteiger partial charge in [-0.25, -0.2) is 9.97 Å². The molecular weight excluding hydrogens is 260 g/mol. The minimum absolute atomic E-state index is 0.522. The topological polar surface area (TPSA) is 56.7 Å². The summed E-state index contributed by atoms with van der Waals surface area (Å²) in [6.07, 6.45) is 9.47. The van der Waals surface area contributed by atoms with Gasteiger partial charge in [-0.2, -0.15) is 0 Å². The van der Waals surface area contributed by atoms with Crippen LogP contribution in [-0.4, -0.2) is 14.5 Å². The second-order valence-corrected chi connectivity index (χ2v) is 5.33. The van der Waals surface area contributed by atoms with Crippen LogP contribution in [0.5, 0.6) is 0 Å². The van der Waals surface area contributed by atoms with E-state index in [0.29, 0.717) is 5.82 Å². The second kappa shape index (κ2) is 4.74. The Kier molecular flexibility index (Phi) is 2.74. The molecule has 1 aromatic carbocycles. The highest BCUT2D eigenvalue weighted by molar-refractivity contribution is 5.96. The molecule has 0 atom stereocenters. The van der Waals surface area contributed by atoms with Crippen molar-refractivity contribution in [2.75, 3.05) is 5.73 Å². The fourth-order valence-corrected chi connectivity index (χ4v) is 3.02. The maximum atomic E-state index is 6.11. The average Bonchev–Trinajstić information content (AvgIpc) is 3.16. The molecule has 104 valence electrons. The van der Waals surface area contributed by atoms with E-state index >= 15 is 0 Å². The average molecular weight is 276 g/mol. The third kappa shape index (κ3) is 1.91. The quantitative estimate of drug-likeness (QED) is 0.778. The molecule has 0 spiro atoms. The standard InChI is InChI=1S/C17H16N4/c18-17-16-15(19-11-20-17)14(12-6-4-5-7-12)10-21(16)13-8-2-1-3-9-13/h1-3,6,8-11H,4-5,7H2,(H2,18,19,20). The normalized spacial score (nSPS) is 14.6. The summed E-state index contributed by atoms with van der Waals surface area (Å²) >= 11 is 0. The molecule has 0 amide bonds. The summed E-state index contributed by atoms with van der Waals surface area (Å²) in [5, 5.41) is 0. The van der Waals surface area contributed by atoms with E-state index in [1.807, 2.05) is 18.2 Å². The molecule has 0 bridgehead atoms. The van der Waals surface area contributed by atoms with Crippen LogP contribution in [0.2, 0.25) is 0 Å². The predicted octanol–water partition coefficient (Wildman–Crippen LogP) is 3.57. The van der Waals surface area contributed by atoms with Crippen molar-refractivity contribution in [3.8, 4) is 5.69 Å². The van der Waals surface area contributed by atoms with Crippen LogP contribution < -0.4 is 5.73 Å². The SMILES string of the molecule is Nc1ncnc2c(C3=CCCC3)cn(-c3ccccc3)c12. The molecule has 1 aliphatic rings. The number of benzene rings is 1. The van der Waals surface area contributed by atoms with Crippen LogP contribution in [0.3, 0.4) is 0 Å². The maximum Gasteiger partial charge on any atom is 0.151 e. The first-order valence-corrected chi connectivity index (χ1v) is 7.21. The Bertz CT molecular complexity index is 831. The number of nitrogen functional groups attached to an aromatic ring is 1. The van der Waals surface area contributed by atoms with Crippen LogP contribution >= 0.6 is 0 Å². The van der Waals surface area contributed by atoms with Gasteiger partial charge in [0.25, 0.3) is 0 Å². The Morgan fingerprint density at radius 3 is 2.71 bits per heavy atom. The number of rotatable bonds is 2. The number of aromatic nitrogens is 3. The van der Waals surface area contributed by atoms with Crippen molar-refractivity contribution >= 4 is 22.4 Å². The lowest BCUT2D eigenvalue weighted by Gasteiger charge is -2.05. The Balaban J connectivity index is 2.03. The molecular formula is C17H16N4. The third-order valence-electron chi connectivity index (χ3n) is 4.03. The van der Waals surface area contributed by atoms with E-state index in [1.54, 1.807) is 6.33 Å². The van der Waals surface area contributed by atoms with Crippen molar-refractivity contribution in [1.29, 1.82) is 0 Å². The summed E-state index contributed by atoms with van der Waals surface area (Å²) in [7, 11) is 0. The van der Waals surface area contributed by atoms with Gasteiger partial charge in [0.05, 0.1) is 0 Å². The summed E-state index contributed by atoms with van der Waals surface area (Å²) in [5.74, 6) is 0.522. The van der Waals surface area contributed by atoms with Crippen LogP contribution in [0.1, 0.15) is 24.8 Å². The van der Waals surface area contributed by atoms with Crippen molar-refractivity contribution in [3.05, 3.63) is 54.5 Å². The number of allylic oxidation sites excluding steroid dienone is 2. The van der Waals surface area contributed by atoms with Crippen LogP contribution in [0.4, 0.5) is 5.82 Å². The molecule has 4 heteroatoms. The van der Waals surface area contributed by atoms with Crippen molar-refractivity contribution in [1.82, 2.24) is 14.5 Å². The van der Waals surface area contributed by atoms with Gasteiger partial charge in [0.1, 0.15) is 17.4 Å². The first-order chi connectivity index (χ1) is 10.3. The fourth-order valence-electron chi connectivity index (χ4n) is 3.02. The van der Waals surface area contributed by atoms with Crippen molar-refractivity contribution in [3.63, 3.8) is 0 Å². The highest BCUT2D eigenvalue weighted by Crippen LogP contribution is 2.35. The molecule has 0 fully saturated rings. The molecule has 0 aliphatic heterocycles. The highest BCUT2D eigenvalue weighted by atomic mass is 15.0. The number of nitrogens with zero attached hydrogens (tertiary/aromatic N) is 3. The molecule has 4 rings (SSSR count). The third-order valence-corrected chi connectivity index (χ3v) is 4.03. The van der Waals surface area contributed by atoms with E-state index in [4.69, 9.17) is 5.73 Å². The molecule has 2 aromatic heterocycles. The fraction of sp³-hybridized carbons (Fsp3) is 0.176. The molecule has 0 saturated carbocycles. The van der Waals surface area contributed by atoms with E-state index in [-0.39, 0.29) is 0 Å². The number of fused-ring (bicyclic) bond motifs is 1. The van der Waals surface area contributed by atoms with Crippen molar-refractivity contribution in [2.45, 2.75) is 19.3 Å². The van der Waals surface area contributed by atoms with Gasteiger partial charge < -0.3 is 10.3 Å². The van der Waals surface area contributed by atoms with Gasteiger partial charge in [0.15, 0.2) is 5.82 Å². The molecule has 1 aliphatic carbocycles. The molecule has 0 radical (unpaired) electrons. The van der Waals surface area contributed by atoms with E-state index in [1.165, 1.54) is 17.6 Å². The lowest BCUT2D eigenvalue weighted by atomic mass is 10.1. The summed E-state index contributed by atoms with van der Waals surface area (Å²) in [4.78, 5) is 8.64. The Morgan fingerprint density at radius 2 is 1.95 bits per heavy atom. The summed E-state index contributed by atoms with van der Waals surface area (Å²) in [6.45, 7) is 0. The maximum absolute atomic E-state index is 6.11. The number of hydrogen-bond donors (Lipinski definition) is 1. The molecule has 3 aromatic rings. The predicted molar refractivity (Wildman–Crippen MR) is 85.1 cm³/mol. The van der Waals surface area contributed by atoms with Crippen LogP contribution in [0.15, 0.2) is 48.9 Å². The van der Waals surface area contributed by atoms with Crippen molar-refractivity contribution in [2.24, 2.45) is 0 Å². The number of anilines is 1. The molecule has 4 nitrogen and oxygen atoms in total. The lowest BCUT2D eigenvalue weighted by molar-refractivity contribution is 0.935. The second-order valence-electron chi connectivity index (χ2n) is 5.33. The van der Waals surface area contributed by atoms with Gasteiger partial charge in [-0.1, -0.05) is 24.3 Å². The zero-order valence-electron chi connectivity index (χ0n) is 11.7. The van der Waals surface area contributed by atoms with E-state index in [2.05, 4.69) is 38.9 Å². The Morgan fingerprint density at radius 1 is 1.10 bits per heavy atom. The van der Waals surface area contributed by atoms with E-state index in [0.717, 1.165) is 29.6 Å². The molecule has 2 heterocycles. The minimum atomic E-state index is 0.522. The monoisotopic (exact) mass is 276 g/mol. The number of hydrogen-bond acceptors (Lipinski definition) is 3. The van der Waals surface area contributed by atoms with Crippen LogP contribution in [0.25, 0.3) is 22.3 Å². The number of para-hydroxylation sites is 1. The Hall–Kier alpha value is -2.62. The van der Waals surface area contributed by atoms with Gasteiger partial charge >= 0.3 is 0 Å². The van der Waals surface area contributed by atoms with Crippen LogP contribution in [-0.2, 0) is 0 Å². The first kappa shape index (κ1) is 12.1. The zero-order valence-corrected chi connectivity index (χ0v) is 11.7. The highest BCUT2D eigenvalue weighted by Gasteiger charge is 2.18. The van der Waals surface area contributed by atoms with Crippen molar-refractivity contribution < 1.29 is 0 Å². The molecule has 21 heavy (non-hydrogen) atoms. The van der Waals surface area contributed by atoms with Gasteiger partial charge in [-0.05, 0) is 37.0 Å². The van der Waals surface area contributed by atoms with Gasteiger partial charge in [0, 0.05) is 17.4 Å². The van der Waals surface area contributed by atoms with E-state index in [9.17, 15) is 0 Å². The van der Waals surface area contributed by atoms with Crippen LogP contribution in [0, 0.1) is 0 Å². The summed E-state index contributed by atoms with van der Waals surface area (Å²) in [6, 6.07) is 10.2. The van der Waals surface area contributed by atoms with Gasteiger partial charge in [0.2, 0.25) is 0 Å².